The molecule has 0 bridgehead atoms. The Morgan fingerprint density at radius 3 is 2.16 bits per heavy atom. The van der Waals surface area contributed by atoms with Gasteiger partial charge in [-0.05, 0) is 19.1 Å². The van der Waals surface area contributed by atoms with E-state index in [1.54, 1.807) is 18.6 Å². The predicted octanol–water partition coefficient (Wildman–Crippen LogP) is 2.91. The second-order valence-corrected chi connectivity index (χ2v) is 4.27. The van der Waals surface area contributed by atoms with Crippen molar-refractivity contribution in [1.29, 1.82) is 0 Å². The van der Waals surface area contributed by atoms with Crippen molar-refractivity contribution in [1.82, 2.24) is 20.2 Å². The van der Waals surface area contributed by atoms with Crippen LogP contribution >= 0.6 is 0 Å². The van der Waals surface area contributed by atoms with Crippen LogP contribution in [-0.2, 0) is 0 Å². The molecule has 2 heterocycles. The molecule has 19 heavy (non-hydrogen) atoms. The molecule has 2 aromatic heterocycles. The lowest BCUT2D eigenvalue weighted by Gasteiger charge is -2.02. The Balaban J connectivity index is 1.93. The van der Waals surface area contributed by atoms with Crippen LogP contribution in [-0.4, -0.2) is 20.2 Å². The predicted molar refractivity (Wildman–Crippen MR) is 73.2 cm³/mol. The van der Waals surface area contributed by atoms with Crippen LogP contribution in [0.4, 0.5) is 0 Å². The van der Waals surface area contributed by atoms with Crippen LogP contribution in [0.5, 0.6) is 0 Å². The molecule has 92 valence electrons. The van der Waals surface area contributed by atoms with Crippen LogP contribution in [0.3, 0.4) is 0 Å². The summed E-state index contributed by atoms with van der Waals surface area (Å²) in [4.78, 5) is 8.31. The number of rotatable bonds is 2. The van der Waals surface area contributed by atoms with Crippen LogP contribution < -0.4 is 0 Å². The molecule has 0 atom stereocenters. The van der Waals surface area contributed by atoms with E-state index in [1.807, 2.05) is 36.4 Å². The molecule has 0 saturated carbocycles. The van der Waals surface area contributed by atoms with Crippen molar-refractivity contribution >= 4 is 0 Å². The Bertz CT molecular complexity index is 661. The molecule has 0 radical (unpaired) electrons. The largest absolute Gasteiger partial charge is 0.265 e. The molecule has 0 spiro atoms. The molecular weight excluding hydrogens is 236 g/mol. The van der Waals surface area contributed by atoms with Crippen LogP contribution in [0.15, 0.2) is 55.0 Å². The first-order valence-corrected chi connectivity index (χ1v) is 6.00. The Labute approximate surface area is 111 Å². The van der Waals surface area contributed by atoms with Gasteiger partial charge in [0.15, 0.2) is 5.82 Å². The standard InChI is InChI=1S/C15H12N4/c1-11-2-4-12(5-3-11)14-10-17-15(19-18-14)13-6-8-16-9-7-13/h2-10H,1H3. The highest BCUT2D eigenvalue weighted by molar-refractivity contribution is 5.59. The summed E-state index contributed by atoms with van der Waals surface area (Å²) in [6, 6.07) is 11.9. The van der Waals surface area contributed by atoms with E-state index in [4.69, 9.17) is 0 Å². The maximum absolute atomic E-state index is 4.35. The fourth-order valence-electron chi connectivity index (χ4n) is 1.77. The summed E-state index contributed by atoms with van der Waals surface area (Å²) >= 11 is 0. The van der Waals surface area contributed by atoms with Crippen LogP contribution in [0.25, 0.3) is 22.6 Å². The third-order valence-corrected chi connectivity index (χ3v) is 2.85. The quantitative estimate of drug-likeness (QED) is 0.699. The summed E-state index contributed by atoms with van der Waals surface area (Å²) in [5.41, 5.74) is 3.93. The number of hydrogen-bond donors (Lipinski definition) is 0. The van der Waals surface area contributed by atoms with Gasteiger partial charge in [0.25, 0.3) is 0 Å². The summed E-state index contributed by atoms with van der Waals surface area (Å²) in [7, 11) is 0. The average molecular weight is 248 g/mol. The maximum atomic E-state index is 4.35. The molecule has 3 aromatic rings. The first kappa shape index (κ1) is 11.5. The smallest absolute Gasteiger partial charge is 0.181 e. The number of hydrogen-bond acceptors (Lipinski definition) is 4. The summed E-state index contributed by atoms with van der Waals surface area (Å²) < 4.78 is 0. The molecule has 4 nitrogen and oxygen atoms in total. The van der Waals surface area contributed by atoms with Gasteiger partial charge in [0.1, 0.15) is 5.69 Å². The van der Waals surface area contributed by atoms with E-state index in [-0.39, 0.29) is 0 Å². The molecule has 0 aliphatic rings. The van der Waals surface area contributed by atoms with Gasteiger partial charge in [-0.15, -0.1) is 10.2 Å². The Morgan fingerprint density at radius 1 is 0.789 bits per heavy atom. The number of pyridine rings is 1. The first-order valence-electron chi connectivity index (χ1n) is 6.00. The monoisotopic (exact) mass is 248 g/mol. The van der Waals surface area contributed by atoms with Crippen LogP contribution in [0.1, 0.15) is 5.56 Å². The maximum Gasteiger partial charge on any atom is 0.181 e. The molecule has 4 heteroatoms. The lowest BCUT2D eigenvalue weighted by Crippen LogP contribution is -1.94. The van der Waals surface area contributed by atoms with E-state index < -0.39 is 0 Å². The van der Waals surface area contributed by atoms with Gasteiger partial charge in [0.05, 0.1) is 6.20 Å². The zero-order valence-corrected chi connectivity index (χ0v) is 10.5. The van der Waals surface area contributed by atoms with Gasteiger partial charge in [-0.25, -0.2) is 4.98 Å². The molecule has 0 aliphatic heterocycles. The van der Waals surface area contributed by atoms with Gasteiger partial charge in [-0.3, -0.25) is 4.98 Å². The minimum absolute atomic E-state index is 0.610. The minimum atomic E-state index is 0.610. The second kappa shape index (κ2) is 4.94. The minimum Gasteiger partial charge on any atom is -0.265 e. The molecule has 0 N–H and O–H groups in total. The van der Waals surface area contributed by atoms with Crippen molar-refractivity contribution in [3.8, 4) is 22.6 Å². The Hall–Kier alpha value is -2.62. The van der Waals surface area contributed by atoms with Crippen molar-refractivity contribution in [3.63, 3.8) is 0 Å². The number of nitrogens with zero attached hydrogens (tertiary/aromatic N) is 4. The lowest BCUT2D eigenvalue weighted by atomic mass is 10.1. The molecule has 0 unspecified atom stereocenters. The highest BCUT2D eigenvalue weighted by Crippen LogP contribution is 2.18. The van der Waals surface area contributed by atoms with Gasteiger partial charge in [-0.2, -0.15) is 0 Å². The molecule has 1 aromatic carbocycles. The zero-order valence-electron chi connectivity index (χ0n) is 10.5. The van der Waals surface area contributed by atoms with Crippen molar-refractivity contribution < 1.29 is 0 Å². The first-order chi connectivity index (χ1) is 9.33. The molecule has 0 amide bonds. The summed E-state index contributed by atoms with van der Waals surface area (Å²) in [6.45, 7) is 2.06. The fourth-order valence-corrected chi connectivity index (χ4v) is 1.77. The van der Waals surface area contributed by atoms with E-state index in [0.717, 1.165) is 16.8 Å². The van der Waals surface area contributed by atoms with E-state index in [2.05, 4.69) is 27.1 Å². The van der Waals surface area contributed by atoms with Gasteiger partial charge in [-0.1, -0.05) is 29.8 Å². The van der Waals surface area contributed by atoms with Crippen LogP contribution in [0.2, 0.25) is 0 Å². The molecular formula is C15H12N4. The van der Waals surface area contributed by atoms with Gasteiger partial charge in [0.2, 0.25) is 0 Å². The Morgan fingerprint density at radius 2 is 1.53 bits per heavy atom. The van der Waals surface area contributed by atoms with Gasteiger partial charge in [0, 0.05) is 23.5 Å². The highest BCUT2D eigenvalue weighted by atomic mass is 15.2. The molecule has 0 aliphatic carbocycles. The number of aromatic nitrogens is 4. The molecule has 3 rings (SSSR count). The van der Waals surface area contributed by atoms with Crippen molar-refractivity contribution in [2.24, 2.45) is 0 Å². The number of aryl methyl sites for hydroxylation is 1. The third kappa shape index (κ3) is 2.47. The lowest BCUT2D eigenvalue weighted by molar-refractivity contribution is 0.986. The van der Waals surface area contributed by atoms with Crippen molar-refractivity contribution in [3.05, 3.63) is 60.6 Å². The van der Waals surface area contributed by atoms with E-state index in [9.17, 15) is 0 Å². The fraction of sp³-hybridized carbons (Fsp3) is 0.0667. The second-order valence-electron chi connectivity index (χ2n) is 4.27. The summed E-state index contributed by atoms with van der Waals surface area (Å²) in [5, 5.41) is 8.38. The van der Waals surface area contributed by atoms with Gasteiger partial charge < -0.3 is 0 Å². The zero-order chi connectivity index (χ0) is 13.1. The average Bonchev–Trinajstić information content (AvgIpc) is 2.49. The Kier molecular flexibility index (Phi) is 2.98. The highest BCUT2D eigenvalue weighted by Gasteiger charge is 2.04. The normalized spacial score (nSPS) is 10.4. The molecule has 0 saturated heterocycles. The van der Waals surface area contributed by atoms with Crippen molar-refractivity contribution in [2.45, 2.75) is 6.92 Å². The van der Waals surface area contributed by atoms with Gasteiger partial charge >= 0.3 is 0 Å². The van der Waals surface area contributed by atoms with E-state index in [0.29, 0.717) is 5.82 Å². The molecule has 0 fully saturated rings. The van der Waals surface area contributed by atoms with E-state index >= 15 is 0 Å². The summed E-state index contributed by atoms with van der Waals surface area (Å²) in [6.07, 6.45) is 5.17. The third-order valence-electron chi connectivity index (χ3n) is 2.85. The van der Waals surface area contributed by atoms with Crippen LogP contribution in [0, 0.1) is 6.92 Å². The number of benzene rings is 1. The SMILES string of the molecule is Cc1ccc(-c2cnc(-c3ccncc3)nn2)cc1. The van der Waals surface area contributed by atoms with Crippen molar-refractivity contribution in [2.75, 3.05) is 0 Å². The summed E-state index contributed by atoms with van der Waals surface area (Å²) in [5.74, 6) is 0.610. The topological polar surface area (TPSA) is 51.6 Å². The van der Waals surface area contributed by atoms with E-state index in [1.165, 1.54) is 5.56 Å².